The lowest BCUT2D eigenvalue weighted by Gasteiger charge is -2.29. The number of hydrogen-bond acceptors (Lipinski definition) is 17. The SMILES string of the molecule is OC[C@@H]1O[C@H](O[C@@H]2[C@@H](O)[C@@H](O[C@H]3[C@@H](O[C@@H]4[C@@H](O)[C@H](CO)O[C@H]4O)O[C@@H](CO)[C@@H]3O)O[C@H]2CO)[C@H](O)[C@H]1O. The van der Waals surface area contributed by atoms with E-state index in [1.54, 1.807) is 0 Å². The van der Waals surface area contributed by atoms with Gasteiger partial charge < -0.3 is 84.2 Å². The van der Waals surface area contributed by atoms with Gasteiger partial charge in [-0.1, -0.05) is 0 Å². The van der Waals surface area contributed by atoms with Crippen molar-refractivity contribution in [1.29, 1.82) is 0 Å². The fraction of sp³-hybridized carbons (Fsp3) is 1.00. The Hall–Kier alpha value is -0.680. The fourth-order valence-corrected chi connectivity index (χ4v) is 4.70. The van der Waals surface area contributed by atoms with Gasteiger partial charge in [0.1, 0.15) is 73.2 Å². The van der Waals surface area contributed by atoms with Crippen LogP contribution < -0.4 is 0 Å². The van der Waals surface area contributed by atoms with Crippen molar-refractivity contribution in [1.82, 2.24) is 0 Å². The summed E-state index contributed by atoms with van der Waals surface area (Å²) in [6.07, 6.45) is -22.9. The van der Waals surface area contributed by atoms with Crippen molar-refractivity contribution in [3.8, 4) is 0 Å². The summed E-state index contributed by atoms with van der Waals surface area (Å²) in [5.41, 5.74) is 0. The first-order chi connectivity index (χ1) is 17.6. The van der Waals surface area contributed by atoms with E-state index in [1.165, 1.54) is 0 Å². The molecule has 0 aromatic rings. The van der Waals surface area contributed by atoms with Gasteiger partial charge in [-0.2, -0.15) is 0 Å². The zero-order chi connectivity index (χ0) is 27.0. The minimum atomic E-state index is -1.66. The van der Waals surface area contributed by atoms with Crippen molar-refractivity contribution >= 4 is 0 Å². The molecule has 17 heteroatoms. The van der Waals surface area contributed by atoms with Crippen LogP contribution in [0.15, 0.2) is 0 Å². The quantitative estimate of drug-likeness (QED) is 0.122. The molecular weight excluding hydrogens is 512 g/mol. The Morgan fingerprint density at radius 2 is 0.838 bits per heavy atom. The third-order valence-electron chi connectivity index (χ3n) is 6.81. The van der Waals surface area contributed by atoms with Gasteiger partial charge in [0, 0.05) is 0 Å². The van der Waals surface area contributed by atoms with Crippen LogP contribution in [-0.4, -0.2) is 176 Å². The Morgan fingerprint density at radius 3 is 1.41 bits per heavy atom. The van der Waals surface area contributed by atoms with Crippen molar-refractivity contribution in [3.63, 3.8) is 0 Å². The Bertz CT molecular complexity index is 731. The Balaban J connectivity index is 1.44. The predicted molar refractivity (Wildman–Crippen MR) is 110 cm³/mol. The largest absolute Gasteiger partial charge is 0.394 e. The molecule has 37 heavy (non-hydrogen) atoms. The van der Waals surface area contributed by atoms with Gasteiger partial charge >= 0.3 is 0 Å². The monoisotopic (exact) mass is 546 g/mol. The molecule has 0 aliphatic carbocycles. The lowest BCUT2D eigenvalue weighted by Crippen LogP contribution is -2.47. The molecule has 4 aliphatic heterocycles. The van der Waals surface area contributed by atoms with Crippen molar-refractivity contribution in [2.24, 2.45) is 0 Å². The van der Waals surface area contributed by atoms with Crippen LogP contribution in [0.3, 0.4) is 0 Å². The second kappa shape index (κ2) is 12.2. The molecule has 0 radical (unpaired) electrons. The summed E-state index contributed by atoms with van der Waals surface area (Å²) in [7, 11) is 0. The van der Waals surface area contributed by atoms with E-state index in [2.05, 4.69) is 0 Å². The first-order valence-electron chi connectivity index (χ1n) is 11.7. The highest BCUT2D eigenvalue weighted by Gasteiger charge is 2.55. The third-order valence-corrected chi connectivity index (χ3v) is 6.81. The van der Waals surface area contributed by atoms with E-state index >= 15 is 0 Å². The van der Waals surface area contributed by atoms with Crippen molar-refractivity contribution in [3.05, 3.63) is 0 Å². The van der Waals surface area contributed by atoms with E-state index in [0.717, 1.165) is 0 Å². The lowest BCUT2D eigenvalue weighted by atomic mass is 10.1. The number of rotatable bonds is 10. The predicted octanol–water partition coefficient (Wildman–Crippen LogP) is -7.19. The molecule has 4 fully saturated rings. The van der Waals surface area contributed by atoms with Crippen LogP contribution in [0.25, 0.3) is 0 Å². The van der Waals surface area contributed by atoms with E-state index in [1.807, 2.05) is 0 Å². The van der Waals surface area contributed by atoms with Gasteiger partial charge in [0.15, 0.2) is 25.2 Å². The molecule has 216 valence electrons. The third kappa shape index (κ3) is 5.65. The fourth-order valence-electron chi connectivity index (χ4n) is 4.70. The molecule has 4 heterocycles. The molecule has 4 rings (SSSR count). The van der Waals surface area contributed by atoms with Crippen LogP contribution in [-0.2, 0) is 33.2 Å². The minimum absolute atomic E-state index is 0.613. The van der Waals surface area contributed by atoms with Crippen LogP contribution in [0.2, 0.25) is 0 Å². The highest BCUT2D eigenvalue weighted by Crippen LogP contribution is 2.35. The zero-order valence-electron chi connectivity index (χ0n) is 19.4. The van der Waals surface area contributed by atoms with Gasteiger partial charge in [0.25, 0.3) is 0 Å². The molecule has 16 atom stereocenters. The first kappa shape index (κ1) is 29.3. The zero-order valence-corrected chi connectivity index (χ0v) is 19.4. The molecule has 0 aromatic carbocycles. The normalized spacial score (nSPS) is 52.4. The molecule has 0 amide bonds. The van der Waals surface area contributed by atoms with Crippen LogP contribution in [0.4, 0.5) is 0 Å². The number of hydrogen-bond donors (Lipinski definition) is 10. The topological polar surface area (TPSA) is 267 Å². The van der Waals surface area contributed by atoms with Gasteiger partial charge in [0.05, 0.1) is 26.4 Å². The average Bonchev–Trinajstić information content (AvgIpc) is 3.55. The van der Waals surface area contributed by atoms with Crippen LogP contribution in [0.5, 0.6) is 0 Å². The van der Waals surface area contributed by atoms with Crippen LogP contribution in [0.1, 0.15) is 0 Å². The summed E-state index contributed by atoms with van der Waals surface area (Å²) in [5, 5.41) is 99.4. The average molecular weight is 546 g/mol. The van der Waals surface area contributed by atoms with Gasteiger partial charge in [-0.3, -0.25) is 0 Å². The second-order valence-electron chi connectivity index (χ2n) is 9.18. The summed E-state index contributed by atoms with van der Waals surface area (Å²) < 4.78 is 37.9. The number of ether oxygens (including phenoxy) is 7. The summed E-state index contributed by atoms with van der Waals surface area (Å²) in [5.74, 6) is 0. The van der Waals surface area contributed by atoms with Crippen LogP contribution in [0, 0.1) is 0 Å². The maximum Gasteiger partial charge on any atom is 0.187 e. The lowest BCUT2D eigenvalue weighted by molar-refractivity contribution is -0.272. The van der Waals surface area contributed by atoms with Gasteiger partial charge in [-0.15, -0.1) is 0 Å². The molecule has 17 nitrogen and oxygen atoms in total. The molecule has 0 unspecified atom stereocenters. The minimum Gasteiger partial charge on any atom is -0.394 e. The maximum absolute atomic E-state index is 10.8. The Labute approximate surface area is 209 Å². The van der Waals surface area contributed by atoms with E-state index in [4.69, 9.17) is 33.2 Å². The van der Waals surface area contributed by atoms with Crippen molar-refractivity contribution < 1.29 is 84.2 Å². The molecule has 4 aliphatic rings. The first-order valence-corrected chi connectivity index (χ1v) is 11.7. The van der Waals surface area contributed by atoms with E-state index < -0.39 is 125 Å². The van der Waals surface area contributed by atoms with E-state index in [9.17, 15) is 51.1 Å². The van der Waals surface area contributed by atoms with Crippen molar-refractivity contribution in [2.75, 3.05) is 26.4 Å². The molecule has 0 saturated carbocycles. The Morgan fingerprint density at radius 1 is 0.405 bits per heavy atom. The van der Waals surface area contributed by atoms with E-state index in [0.29, 0.717) is 0 Å². The molecule has 4 saturated heterocycles. The summed E-state index contributed by atoms with van der Waals surface area (Å²) >= 11 is 0. The summed E-state index contributed by atoms with van der Waals surface area (Å²) in [4.78, 5) is 0. The van der Waals surface area contributed by atoms with Gasteiger partial charge in [-0.25, -0.2) is 0 Å². The number of aliphatic hydroxyl groups excluding tert-OH is 10. The molecule has 0 aromatic heterocycles. The molecule has 0 spiro atoms. The Kier molecular flexibility index (Phi) is 9.69. The number of aliphatic hydroxyl groups is 10. The van der Waals surface area contributed by atoms with E-state index in [-0.39, 0.29) is 0 Å². The molecule has 0 bridgehead atoms. The standard InChI is InChI=1S/C20H34O17/c21-1-5-9(25)12(28)18(32-5)35-14-8(4-24)34-19(13(14)29)37-16-11(27)7(3-23)33-20(16)36-15-10(26)6(2-22)31-17(15)30/h5-30H,1-4H2/t5-,6-,7-,8-,9-,10-,11-,12+,13+,14-,15+,16+,17+,18+,19+,20+/m0/s1. The maximum atomic E-state index is 10.8. The van der Waals surface area contributed by atoms with Crippen molar-refractivity contribution in [2.45, 2.75) is 98.4 Å². The van der Waals surface area contributed by atoms with Gasteiger partial charge in [-0.05, 0) is 0 Å². The smallest absolute Gasteiger partial charge is 0.187 e. The second-order valence-corrected chi connectivity index (χ2v) is 9.18. The van der Waals surface area contributed by atoms with Gasteiger partial charge in [0.2, 0.25) is 0 Å². The summed E-state index contributed by atoms with van der Waals surface area (Å²) in [6, 6.07) is 0. The highest BCUT2D eigenvalue weighted by atomic mass is 16.8. The molecule has 10 N–H and O–H groups in total. The summed E-state index contributed by atoms with van der Waals surface area (Å²) in [6.45, 7) is -2.58. The molecular formula is C20H34O17. The highest BCUT2D eigenvalue weighted by molar-refractivity contribution is 4.96. The van der Waals surface area contributed by atoms with Crippen LogP contribution >= 0.6 is 0 Å².